The molecule has 2 heterocycles. The third-order valence-corrected chi connectivity index (χ3v) is 14.7. The van der Waals surface area contributed by atoms with Crippen molar-refractivity contribution in [3.8, 4) is 0 Å². The molecule has 0 amide bonds. The van der Waals surface area contributed by atoms with Crippen LogP contribution in [0.1, 0.15) is 0 Å². The van der Waals surface area contributed by atoms with Gasteiger partial charge in [-0.3, -0.25) is 0 Å². The quantitative estimate of drug-likeness (QED) is 0.240. The van der Waals surface area contributed by atoms with Crippen LogP contribution in [0.5, 0.6) is 0 Å². The van der Waals surface area contributed by atoms with Gasteiger partial charge < -0.3 is 9.80 Å². The second-order valence-corrected chi connectivity index (χ2v) is 19.9. The van der Waals surface area contributed by atoms with E-state index >= 15 is 0 Å². The van der Waals surface area contributed by atoms with Crippen molar-refractivity contribution in [3.05, 3.63) is 97.1 Å². The molecule has 6 nitrogen and oxygen atoms in total. The second kappa shape index (κ2) is 9.36. The van der Waals surface area contributed by atoms with Crippen molar-refractivity contribution in [1.82, 2.24) is 0 Å². The van der Waals surface area contributed by atoms with Crippen molar-refractivity contribution in [2.24, 2.45) is 0 Å². The molecule has 0 N–H and O–H groups in total. The molecule has 0 atom stereocenters. The molecule has 0 saturated heterocycles. The van der Waals surface area contributed by atoms with Crippen LogP contribution in [0.25, 0.3) is 0 Å². The topological polar surface area (TPSA) is 74.8 Å². The Kier molecular flexibility index (Phi) is 6.20. The standard InChI is InChI=1S/C30H30N2O4S2Si/c1-39(2,21-19-31-23-11-3-7-15-27(23)37(33,34)28-16-8-4-12-24(28)31)22-20-32-25-13-5-9-17-29(25)38(35,36)30-18-10-6-14-26(30)32/h3-18H,19-22H2,1-2H3. The predicted octanol–water partition coefficient (Wildman–Crippen LogP) is 6.66. The molecule has 0 fully saturated rings. The van der Waals surface area contributed by atoms with Gasteiger partial charge in [-0.05, 0) is 60.6 Å². The van der Waals surface area contributed by atoms with E-state index < -0.39 is 27.7 Å². The summed E-state index contributed by atoms with van der Waals surface area (Å²) in [6, 6.07) is 30.9. The molecule has 0 unspecified atom stereocenters. The number of fused-ring (bicyclic) bond motifs is 4. The highest BCUT2D eigenvalue weighted by Gasteiger charge is 2.36. The fourth-order valence-corrected chi connectivity index (χ4v) is 10.8. The van der Waals surface area contributed by atoms with Crippen molar-refractivity contribution in [2.45, 2.75) is 44.8 Å². The summed E-state index contributed by atoms with van der Waals surface area (Å²) < 4.78 is 53.2. The van der Waals surface area contributed by atoms with Crippen molar-refractivity contribution in [1.29, 1.82) is 0 Å². The van der Waals surface area contributed by atoms with Gasteiger partial charge in [0.15, 0.2) is 0 Å². The van der Waals surface area contributed by atoms with Crippen molar-refractivity contribution < 1.29 is 16.8 Å². The Morgan fingerprint density at radius 2 is 0.744 bits per heavy atom. The third-order valence-electron chi connectivity index (χ3n) is 7.81. The Bertz CT molecular complexity index is 1570. The monoisotopic (exact) mass is 574 g/mol. The summed E-state index contributed by atoms with van der Waals surface area (Å²) in [4.78, 5) is 5.71. The molecular weight excluding hydrogens is 545 g/mol. The van der Waals surface area contributed by atoms with Gasteiger partial charge in [0.05, 0.1) is 50.4 Å². The summed E-state index contributed by atoms with van der Waals surface area (Å²) in [5, 5.41) is 0. The van der Waals surface area contributed by atoms with Gasteiger partial charge in [-0.15, -0.1) is 0 Å². The lowest BCUT2D eigenvalue weighted by Gasteiger charge is -2.37. The van der Waals surface area contributed by atoms with E-state index in [1.807, 2.05) is 48.5 Å². The van der Waals surface area contributed by atoms with E-state index in [-0.39, 0.29) is 0 Å². The predicted molar refractivity (Wildman–Crippen MR) is 158 cm³/mol. The van der Waals surface area contributed by atoms with Gasteiger partial charge >= 0.3 is 0 Å². The SMILES string of the molecule is C[Si](C)(CCN1c2ccccc2S(=O)(=O)c2ccccc21)CCN1c2ccccc2S(=O)(=O)c2ccccc21. The first-order chi connectivity index (χ1) is 18.6. The summed E-state index contributed by atoms with van der Waals surface area (Å²) in [6.07, 6.45) is 0. The van der Waals surface area contributed by atoms with Crippen LogP contribution in [0, 0.1) is 0 Å². The molecule has 2 aliphatic heterocycles. The summed E-state index contributed by atoms with van der Waals surface area (Å²) in [5.74, 6) is 0. The maximum Gasteiger partial charge on any atom is 0.210 e. The molecule has 0 aromatic heterocycles. The Hall–Kier alpha value is -3.40. The number of hydrogen-bond donors (Lipinski definition) is 0. The molecule has 39 heavy (non-hydrogen) atoms. The second-order valence-electron chi connectivity index (χ2n) is 10.8. The van der Waals surface area contributed by atoms with E-state index in [0.29, 0.717) is 32.7 Å². The number of rotatable bonds is 6. The molecule has 4 aromatic rings. The van der Waals surface area contributed by atoms with Crippen LogP contribution in [0.15, 0.2) is 117 Å². The van der Waals surface area contributed by atoms with Gasteiger partial charge in [0.2, 0.25) is 19.7 Å². The van der Waals surface area contributed by atoms with Crippen LogP contribution in [0.4, 0.5) is 22.7 Å². The van der Waals surface area contributed by atoms with Gasteiger partial charge in [0.25, 0.3) is 0 Å². The minimum absolute atomic E-state index is 0.353. The third kappa shape index (κ3) is 4.29. The fraction of sp³-hybridized carbons (Fsp3) is 0.200. The average molecular weight is 575 g/mol. The number of benzene rings is 4. The lowest BCUT2D eigenvalue weighted by Crippen LogP contribution is -2.37. The van der Waals surface area contributed by atoms with Gasteiger partial charge in [-0.2, -0.15) is 0 Å². The van der Waals surface area contributed by atoms with Gasteiger partial charge in [-0.1, -0.05) is 61.6 Å². The summed E-state index contributed by atoms with van der Waals surface area (Å²) in [5.41, 5.74) is 2.91. The van der Waals surface area contributed by atoms with Crippen LogP contribution in [0.3, 0.4) is 0 Å². The zero-order valence-electron chi connectivity index (χ0n) is 21.9. The Labute approximate surface area is 231 Å². The molecule has 4 aromatic carbocycles. The van der Waals surface area contributed by atoms with E-state index in [1.165, 1.54) is 0 Å². The number of anilines is 4. The Balaban J connectivity index is 1.27. The molecule has 2 aliphatic rings. The van der Waals surface area contributed by atoms with E-state index in [2.05, 4.69) is 22.9 Å². The molecular formula is C30H30N2O4S2Si. The van der Waals surface area contributed by atoms with Crippen LogP contribution in [-0.2, 0) is 19.7 Å². The highest BCUT2D eigenvalue weighted by atomic mass is 32.2. The first-order valence-electron chi connectivity index (χ1n) is 13.0. The molecule has 9 heteroatoms. The largest absolute Gasteiger partial charge is 0.340 e. The molecule has 0 aliphatic carbocycles. The van der Waals surface area contributed by atoms with Crippen LogP contribution < -0.4 is 9.80 Å². The first-order valence-corrected chi connectivity index (χ1v) is 19.4. The van der Waals surface area contributed by atoms with Crippen molar-refractivity contribution >= 4 is 50.5 Å². The summed E-state index contributed by atoms with van der Waals surface area (Å²) >= 11 is 0. The van der Waals surface area contributed by atoms with Gasteiger partial charge in [0, 0.05) is 13.1 Å². The van der Waals surface area contributed by atoms with E-state index in [1.54, 1.807) is 48.5 Å². The van der Waals surface area contributed by atoms with Crippen LogP contribution in [0.2, 0.25) is 25.2 Å². The maximum atomic E-state index is 13.3. The van der Waals surface area contributed by atoms with E-state index in [4.69, 9.17) is 0 Å². The maximum absolute atomic E-state index is 13.3. The summed E-state index contributed by atoms with van der Waals surface area (Å²) in [6.45, 7) is 6.13. The minimum atomic E-state index is -3.57. The molecule has 0 spiro atoms. The summed E-state index contributed by atoms with van der Waals surface area (Å²) in [7, 11) is -8.94. The molecule has 0 bridgehead atoms. The highest BCUT2D eigenvalue weighted by Crippen LogP contribution is 2.46. The van der Waals surface area contributed by atoms with Crippen molar-refractivity contribution in [3.63, 3.8) is 0 Å². The lowest BCUT2D eigenvalue weighted by molar-refractivity contribution is 0.592. The number of para-hydroxylation sites is 4. The minimum Gasteiger partial charge on any atom is -0.340 e. The fourth-order valence-electron chi connectivity index (χ4n) is 5.56. The number of sulfone groups is 2. The Morgan fingerprint density at radius 1 is 0.487 bits per heavy atom. The molecule has 0 saturated carbocycles. The van der Waals surface area contributed by atoms with Crippen molar-refractivity contribution in [2.75, 3.05) is 22.9 Å². The average Bonchev–Trinajstić information content (AvgIpc) is 2.93. The normalized spacial score (nSPS) is 16.6. The van der Waals surface area contributed by atoms with Gasteiger partial charge in [-0.25, -0.2) is 16.8 Å². The molecule has 6 rings (SSSR count). The highest BCUT2D eigenvalue weighted by molar-refractivity contribution is 7.92. The Morgan fingerprint density at radius 3 is 1.03 bits per heavy atom. The van der Waals surface area contributed by atoms with Gasteiger partial charge in [0.1, 0.15) is 0 Å². The smallest absolute Gasteiger partial charge is 0.210 e. The molecule has 0 radical (unpaired) electrons. The zero-order chi connectivity index (χ0) is 27.4. The lowest BCUT2D eigenvalue weighted by atomic mass is 10.2. The zero-order valence-corrected chi connectivity index (χ0v) is 24.5. The van der Waals surface area contributed by atoms with Crippen LogP contribution >= 0.6 is 0 Å². The van der Waals surface area contributed by atoms with Crippen LogP contribution in [-0.4, -0.2) is 38.0 Å². The van der Waals surface area contributed by atoms with E-state index in [9.17, 15) is 16.8 Å². The molecule has 200 valence electrons. The first kappa shape index (κ1) is 25.9. The van der Waals surface area contributed by atoms with E-state index in [0.717, 1.165) is 34.8 Å². The number of hydrogen-bond acceptors (Lipinski definition) is 6. The number of nitrogens with zero attached hydrogens (tertiary/aromatic N) is 2.